The average molecular weight is 262 g/mol. The molecule has 102 valence electrons. The van der Waals surface area contributed by atoms with Crippen molar-refractivity contribution in [3.8, 4) is 5.75 Å². The van der Waals surface area contributed by atoms with E-state index in [-0.39, 0.29) is 0 Å². The minimum absolute atomic E-state index is 0.317. The molecule has 1 aromatic carbocycles. The normalized spacial score (nSPS) is 18.1. The summed E-state index contributed by atoms with van der Waals surface area (Å²) in [6.07, 6.45) is -0.429. The fourth-order valence-corrected chi connectivity index (χ4v) is 2.67. The lowest BCUT2D eigenvalue weighted by Gasteiger charge is -2.26. The Kier molecular flexibility index (Phi) is 3.62. The van der Waals surface area contributed by atoms with Gasteiger partial charge >= 0.3 is 5.97 Å². The van der Waals surface area contributed by atoms with E-state index in [9.17, 15) is 9.90 Å². The highest BCUT2D eigenvalue weighted by molar-refractivity contribution is 6.00. The monoisotopic (exact) mass is 262 g/mol. The molecule has 1 aliphatic carbocycles. The van der Waals surface area contributed by atoms with Crippen molar-refractivity contribution in [2.45, 2.75) is 26.4 Å². The van der Waals surface area contributed by atoms with Gasteiger partial charge in [0.2, 0.25) is 0 Å². The minimum atomic E-state index is -0.827. The number of carbonyl (C=O) groups excluding carboxylic acids is 1. The van der Waals surface area contributed by atoms with Crippen molar-refractivity contribution >= 4 is 11.5 Å². The molecule has 19 heavy (non-hydrogen) atoms. The van der Waals surface area contributed by atoms with Crippen LogP contribution in [0.4, 0.5) is 0 Å². The Hall–Kier alpha value is -1.81. The van der Waals surface area contributed by atoms with Crippen LogP contribution in [-0.4, -0.2) is 31.4 Å². The maximum absolute atomic E-state index is 11.8. The van der Waals surface area contributed by atoms with Crippen LogP contribution in [0.25, 0.3) is 5.57 Å². The van der Waals surface area contributed by atoms with E-state index in [0.29, 0.717) is 12.0 Å². The fraction of sp³-hybridized carbons (Fsp3) is 0.400. The van der Waals surface area contributed by atoms with Gasteiger partial charge in [0.25, 0.3) is 0 Å². The second kappa shape index (κ2) is 5.05. The van der Waals surface area contributed by atoms with Crippen LogP contribution in [0.15, 0.2) is 17.7 Å². The maximum Gasteiger partial charge on any atom is 0.336 e. The Morgan fingerprint density at radius 2 is 2.00 bits per heavy atom. The van der Waals surface area contributed by atoms with Gasteiger partial charge in [0.1, 0.15) is 5.75 Å². The van der Waals surface area contributed by atoms with Gasteiger partial charge in [0.15, 0.2) is 0 Å². The average Bonchev–Trinajstić information content (AvgIpc) is 2.36. The SMILES string of the molecule is COC(=O)C1=C(C)c2c(cc(C)cc2OC)CC1O. The van der Waals surface area contributed by atoms with Crippen LogP contribution < -0.4 is 4.74 Å². The Morgan fingerprint density at radius 3 is 2.58 bits per heavy atom. The van der Waals surface area contributed by atoms with Gasteiger partial charge in [0, 0.05) is 12.0 Å². The summed E-state index contributed by atoms with van der Waals surface area (Å²) in [4.78, 5) is 11.8. The van der Waals surface area contributed by atoms with Crippen molar-refractivity contribution in [1.82, 2.24) is 0 Å². The van der Waals surface area contributed by atoms with Gasteiger partial charge in [-0.3, -0.25) is 0 Å². The molecule has 2 rings (SSSR count). The van der Waals surface area contributed by atoms with Crippen LogP contribution in [0.3, 0.4) is 0 Å². The molecule has 4 heteroatoms. The Bertz CT molecular complexity index is 558. The van der Waals surface area contributed by atoms with Crippen LogP contribution in [-0.2, 0) is 16.0 Å². The largest absolute Gasteiger partial charge is 0.496 e. The number of aliphatic hydroxyl groups is 1. The summed E-state index contributed by atoms with van der Waals surface area (Å²) >= 11 is 0. The van der Waals surface area contributed by atoms with Gasteiger partial charge in [0.05, 0.1) is 25.9 Å². The minimum Gasteiger partial charge on any atom is -0.496 e. The molecule has 0 bridgehead atoms. The summed E-state index contributed by atoms with van der Waals surface area (Å²) in [5, 5.41) is 10.1. The molecular weight excluding hydrogens is 244 g/mol. The van der Waals surface area contributed by atoms with Crippen molar-refractivity contribution in [3.05, 3.63) is 34.4 Å². The van der Waals surface area contributed by atoms with Crippen LogP contribution in [0, 0.1) is 6.92 Å². The van der Waals surface area contributed by atoms with Crippen LogP contribution in [0.5, 0.6) is 5.75 Å². The highest BCUT2D eigenvalue weighted by atomic mass is 16.5. The van der Waals surface area contributed by atoms with E-state index in [0.717, 1.165) is 28.0 Å². The molecule has 0 radical (unpaired) electrons. The zero-order valence-electron chi connectivity index (χ0n) is 11.6. The number of carbonyl (C=O) groups is 1. The van der Waals surface area contributed by atoms with E-state index >= 15 is 0 Å². The topological polar surface area (TPSA) is 55.8 Å². The first kappa shape index (κ1) is 13.6. The molecule has 0 fully saturated rings. The van der Waals surface area contributed by atoms with E-state index in [1.807, 2.05) is 26.0 Å². The highest BCUT2D eigenvalue weighted by Gasteiger charge is 2.31. The lowest BCUT2D eigenvalue weighted by Crippen LogP contribution is -2.27. The van der Waals surface area contributed by atoms with Gasteiger partial charge in [-0.25, -0.2) is 4.79 Å². The third-order valence-electron chi connectivity index (χ3n) is 3.48. The molecule has 0 saturated carbocycles. The lowest BCUT2D eigenvalue weighted by molar-refractivity contribution is -0.137. The molecule has 4 nitrogen and oxygen atoms in total. The predicted molar refractivity (Wildman–Crippen MR) is 72.1 cm³/mol. The number of ether oxygens (including phenoxy) is 2. The Morgan fingerprint density at radius 1 is 1.32 bits per heavy atom. The summed E-state index contributed by atoms with van der Waals surface area (Å²) in [5.74, 6) is 0.235. The number of benzene rings is 1. The summed E-state index contributed by atoms with van der Waals surface area (Å²) < 4.78 is 10.1. The molecule has 0 saturated heterocycles. The molecule has 1 aliphatic rings. The summed E-state index contributed by atoms with van der Waals surface area (Å²) in [7, 11) is 2.92. The van der Waals surface area contributed by atoms with Crippen LogP contribution in [0.1, 0.15) is 23.6 Å². The standard InChI is InChI=1S/C15H18O4/c1-8-5-10-7-11(16)14(15(17)19-4)9(2)13(10)12(6-8)18-3/h5-6,11,16H,7H2,1-4H3. The van der Waals surface area contributed by atoms with Gasteiger partial charge < -0.3 is 14.6 Å². The molecule has 0 heterocycles. The van der Waals surface area contributed by atoms with E-state index in [1.165, 1.54) is 7.11 Å². The van der Waals surface area contributed by atoms with Gasteiger partial charge in [-0.05, 0) is 36.6 Å². The number of fused-ring (bicyclic) bond motifs is 1. The van der Waals surface area contributed by atoms with Crippen molar-refractivity contribution in [1.29, 1.82) is 0 Å². The first-order chi connectivity index (χ1) is 8.99. The van der Waals surface area contributed by atoms with Crippen molar-refractivity contribution < 1.29 is 19.4 Å². The van der Waals surface area contributed by atoms with E-state index < -0.39 is 12.1 Å². The number of methoxy groups -OCH3 is 2. The highest BCUT2D eigenvalue weighted by Crippen LogP contribution is 2.38. The number of hydrogen-bond acceptors (Lipinski definition) is 4. The van der Waals surface area contributed by atoms with E-state index in [2.05, 4.69) is 0 Å². The third kappa shape index (κ3) is 2.24. The van der Waals surface area contributed by atoms with Crippen molar-refractivity contribution in [2.24, 2.45) is 0 Å². The molecule has 1 N–H and O–H groups in total. The van der Waals surface area contributed by atoms with Crippen LogP contribution >= 0.6 is 0 Å². The predicted octanol–water partition coefficient (Wildman–Crippen LogP) is 1.87. The molecule has 0 spiro atoms. The maximum atomic E-state index is 11.8. The fourth-order valence-electron chi connectivity index (χ4n) is 2.67. The Labute approximate surface area is 112 Å². The number of aryl methyl sites for hydroxylation is 1. The number of allylic oxidation sites excluding steroid dienone is 1. The number of hydrogen-bond donors (Lipinski definition) is 1. The van der Waals surface area contributed by atoms with Gasteiger partial charge in [-0.1, -0.05) is 6.07 Å². The van der Waals surface area contributed by atoms with Gasteiger partial charge in [-0.15, -0.1) is 0 Å². The zero-order chi connectivity index (χ0) is 14.2. The molecule has 1 aromatic rings. The first-order valence-electron chi connectivity index (χ1n) is 6.14. The van der Waals surface area contributed by atoms with E-state index in [4.69, 9.17) is 9.47 Å². The summed E-state index contributed by atoms with van der Waals surface area (Å²) in [6, 6.07) is 3.94. The zero-order valence-corrected chi connectivity index (χ0v) is 11.6. The second-order valence-electron chi connectivity index (χ2n) is 4.75. The lowest BCUT2D eigenvalue weighted by atomic mass is 9.83. The number of esters is 1. The van der Waals surface area contributed by atoms with Crippen molar-refractivity contribution in [2.75, 3.05) is 14.2 Å². The Balaban J connectivity index is 2.68. The van der Waals surface area contributed by atoms with Crippen LogP contribution in [0.2, 0.25) is 0 Å². The molecule has 1 atom stereocenters. The molecule has 0 aliphatic heterocycles. The third-order valence-corrected chi connectivity index (χ3v) is 3.48. The summed E-state index contributed by atoms with van der Waals surface area (Å²) in [6.45, 7) is 3.79. The molecule has 1 unspecified atom stereocenters. The summed E-state index contributed by atoms with van der Waals surface area (Å²) in [5.41, 5.74) is 3.99. The quantitative estimate of drug-likeness (QED) is 0.827. The molecule has 0 amide bonds. The second-order valence-corrected chi connectivity index (χ2v) is 4.75. The number of rotatable bonds is 2. The van der Waals surface area contributed by atoms with E-state index in [1.54, 1.807) is 7.11 Å². The first-order valence-corrected chi connectivity index (χ1v) is 6.14. The molecular formula is C15H18O4. The molecule has 0 aromatic heterocycles. The van der Waals surface area contributed by atoms with Crippen molar-refractivity contribution in [3.63, 3.8) is 0 Å². The number of aliphatic hydroxyl groups excluding tert-OH is 1. The smallest absolute Gasteiger partial charge is 0.336 e. The van der Waals surface area contributed by atoms with Gasteiger partial charge in [-0.2, -0.15) is 0 Å².